The number of carbonyl (C=O) groups is 1. The van der Waals surface area contributed by atoms with Crippen molar-refractivity contribution in [2.24, 2.45) is 0 Å². The number of hydrogen-bond donors (Lipinski definition) is 3. The number of anilines is 1. The third-order valence-corrected chi connectivity index (χ3v) is 6.50. The molecule has 2 fully saturated rings. The molecule has 0 aromatic heterocycles. The average Bonchev–Trinajstić information content (AvgIpc) is 3.34. The maximum absolute atomic E-state index is 12.9. The van der Waals surface area contributed by atoms with E-state index in [9.17, 15) is 9.90 Å². The highest BCUT2D eigenvalue weighted by molar-refractivity contribution is 5.74. The van der Waals surface area contributed by atoms with Gasteiger partial charge >= 0.3 is 6.03 Å². The van der Waals surface area contributed by atoms with Gasteiger partial charge in [0.2, 0.25) is 0 Å². The first-order valence-electron chi connectivity index (χ1n) is 11.2. The molecule has 2 amide bonds. The summed E-state index contributed by atoms with van der Waals surface area (Å²) in [6.45, 7) is 5.63. The SMILES string of the molecule is COc1ccc([C@@H](CNC(=O)N2CCN(c3ccccc3O)CC2)[NH+]2CCCC2)cc1. The average molecular weight is 426 g/mol. The molecule has 2 heterocycles. The van der Waals surface area contributed by atoms with Crippen molar-refractivity contribution in [3.05, 3.63) is 54.1 Å². The highest BCUT2D eigenvalue weighted by atomic mass is 16.5. The van der Waals surface area contributed by atoms with Crippen molar-refractivity contribution in [1.29, 1.82) is 0 Å². The van der Waals surface area contributed by atoms with Crippen LogP contribution in [-0.2, 0) is 0 Å². The number of amides is 2. The topological polar surface area (TPSA) is 69.5 Å². The molecule has 31 heavy (non-hydrogen) atoms. The Hall–Kier alpha value is -2.93. The summed E-state index contributed by atoms with van der Waals surface area (Å²) in [5.41, 5.74) is 2.07. The van der Waals surface area contributed by atoms with Crippen molar-refractivity contribution in [3.63, 3.8) is 0 Å². The number of carbonyl (C=O) groups excluding carboxylic acids is 1. The van der Waals surface area contributed by atoms with Crippen molar-refractivity contribution in [3.8, 4) is 11.5 Å². The van der Waals surface area contributed by atoms with Crippen LogP contribution in [0, 0.1) is 0 Å². The molecule has 1 atom stereocenters. The quantitative estimate of drug-likeness (QED) is 0.658. The van der Waals surface area contributed by atoms with Crippen molar-refractivity contribution in [1.82, 2.24) is 10.2 Å². The number of aromatic hydroxyl groups is 1. The first-order valence-corrected chi connectivity index (χ1v) is 11.2. The van der Waals surface area contributed by atoms with Gasteiger partial charge in [-0.3, -0.25) is 0 Å². The Labute approximate surface area is 184 Å². The van der Waals surface area contributed by atoms with E-state index < -0.39 is 0 Å². The molecule has 0 unspecified atom stereocenters. The number of hydrogen-bond acceptors (Lipinski definition) is 4. The molecule has 0 saturated carbocycles. The molecule has 7 nitrogen and oxygen atoms in total. The lowest BCUT2D eigenvalue weighted by atomic mass is 10.1. The maximum Gasteiger partial charge on any atom is 0.317 e. The molecule has 7 heteroatoms. The van der Waals surface area contributed by atoms with Gasteiger partial charge in [0.25, 0.3) is 0 Å². The van der Waals surface area contributed by atoms with Crippen LogP contribution in [0.4, 0.5) is 10.5 Å². The fraction of sp³-hybridized carbons (Fsp3) is 0.458. The standard InChI is InChI=1S/C24H32N4O3/c1-31-20-10-8-19(9-11-20)22(26-12-4-5-13-26)18-25-24(30)28-16-14-27(15-17-28)21-6-2-3-7-23(21)29/h2-3,6-11,22,29H,4-5,12-18H2,1H3,(H,25,30)/p+1/t22-/m1/s1. The number of nitrogens with one attached hydrogen (secondary N) is 2. The fourth-order valence-electron chi connectivity index (χ4n) is 4.69. The minimum absolute atomic E-state index is 0.00552. The molecule has 3 N–H and O–H groups in total. The van der Waals surface area contributed by atoms with Crippen molar-refractivity contribution in [2.75, 3.05) is 57.8 Å². The van der Waals surface area contributed by atoms with Crippen molar-refractivity contribution >= 4 is 11.7 Å². The van der Waals surface area contributed by atoms with Gasteiger partial charge in [-0.25, -0.2) is 4.79 Å². The van der Waals surface area contributed by atoms with Crippen LogP contribution in [0.25, 0.3) is 0 Å². The van der Waals surface area contributed by atoms with Crippen molar-refractivity contribution < 1.29 is 19.5 Å². The Morgan fingerprint density at radius 1 is 1.06 bits per heavy atom. The van der Waals surface area contributed by atoms with Gasteiger partial charge in [-0.15, -0.1) is 0 Å². The first kappa shape index (κ1) is 21.3. The zero-order valence-corrected chi connectivity index (χ0v) is 18.2. The smallest absolute Gasteiger partial charge is 0.317 e. The normalized spacial score (nSPS) is 18.1. The molecule has 2 aromatic carbocycles. The number of phenols is 1. The van der Waals surface area contributed by atoms with Crippen LogP contribution in [0.15, 0.2) is 48.5 Å². The molecule has 0 aliphatic carbocycles. The van der Waals surface area contributed by atoms with Gasteiger partial charge in [0.1, 0.15) is 17.5 Å². The first-order chi connectivity index (χ1) is 15.2. The molecule has 2 saturated heterocycles. The number of likely N-dealkylation sites (tertiary alicyclic amines) is 1. The monoisotopic (exact) mass is 425 g/mol. The van der Waals surface area contributed by atoms with Crippen LogP contribution >= 0.6 is 0 Å². The summed E-state index contributed by atoms with van der Waals surface area (Å²) in [5, 5.41) is 13.3. The second kappa shape index (κ2) is 9.92. The van der Waals surface area contributed by atoms with Crippen LogP contribution < -0.4 is 19.9 Å². The number of ether oxygens (including phenoxy) is 1. The minimum atomic E-state index is -0.00552. The Bertz CT molecular complexity index is 859. The molecule has 0 radical (unpaired) electrons. The predicted molar refractivity (Wildman–Crippen MR) is 121 cm³/mol. The summed E-state index contributed by atoms with van der Waals surface area (Å²) in [6, 6.07) is 15.8. The predicted octanol–water partition coefficient (Wildman–Crippen LogP) is 1.65. The van der Waals surface area contributed by atoms with Gasteiger partial charge in [0.15, 0.2) is 0 Å². The number of quaternary nitrogens is 1. The highest BCUT2D eigenvalue weighted by Crippen LogP contribution is 2.27. The largest absolute Gasteiger partial charge is 0.506 e. The molecule has 2 aromatic rings. The van der Waals surface area contributed by atoms with E-state index in [0.29, 0.717) is 32.7 Å². The third-order valence-electron chi connectivity index (χ3n) is 6.50. The van der Waals surface area contributed by atoms with E-state index in [2.05, 4.69) is 22.3 Å². The van der Waals surface area contributed by atoms with Crippen LogP contribution in [0.2, 0.25) is 0 Å². The lowest BCUT2D eigenvalue weighted by Gasteiger charge is -2.36. The van der Waals surface area contributed by atoms with Gasteiger partial charge in [-0.2, -0.15) is 0 Å². The summed E-state index contributed by atoms with van der Waals surface area (Å²) in [7, 11) is 1.68. The molecule has 0 bridgehead atoms. The lowest BCUT2D eigenvalue weighted by Crippen LogP contribution is -3.11. The number of nitrogens with zero attached hydrogens (tertiary/aromatic N) is 2. The molecular formula is C24H33N4O3+. The van der Waals surface area contributed by atoms with Gasteiger partial charge < -0.3 is 29.9 Å². The summed E-state index contributed by atoms with van der Waals surface area (Å²) in [5.74, 6) is 1.14. The van der Waals surface area contributed by atoms with E-state index in [0.717, 1.165) is 24.5 Å². The summed E-state index contributed by atoms with van der Waals surface area (Å²) < 4.78 is 5.30. The zero-order valence-electron chi connectivity index (χ0n) is 18.2. The Morgan fingerprint density at radius 2 is 1.74 bits per heavy atom. The molecule has 2 aliphatic rings. The molecule has 0 spiro atoms. The molecule has 166 valence electrons. The zero-order chi connectivity index (χ0) is 21.6. The number of benzene rings is 2. The number of rotatable bonds is 6. The van der Waals surface area contributed by atoms with E-state index in [-0.39, 0.29) is 17.8 Å². The Balaban J connectivity index is 1.34. The van der Waals surface area contributed by atoms with Crippen LogP contribution in [0.3, 0.4) is 0 Å². The summed E-state index contributed by atoms with van der Waals surface area (Å²) in [4.78, 5) is 18.4. The number of para-hydroxylation sites is 2. The molecular weight excluding hydrogens is 392 g/mol. The number of methoxy groups -OCH3 is 1. The Kier molecular flexibility index (Phi) is 6.82. The van der Waals surface area contributed by atoms with E-state index in [4.69, 9.17) is 4.74 Å². The van der Waals surface area contributed by atoms with Crippen LogP contribution in [-0.4, -0.2) is 69.0 Å². The van der Waals surface area contributed by atoms with Crippen LogP contribution in [0.5, 0.6) is 11.5 Å². The maximum atomic E-state index is 12.9. The van der Waals surface area contributed by atoms with Gasteiger partial charge in [-0.05, 0) is 36.4 Å². The van der Waals surface area contributed by atoms with E-state index in [1.54, 1.807) is 13.2 Å². The van der Waals surface area contributed by atoms with Gasteiger partial charge in [0.05, 0.1) is 32.4 Å². The minimum Gasteiger partial charge on any atom is -0.506 e. The number of urea groups is 1. The van der Waals surface area contributed by atoms with Gasteiger partial charge in [-0.1, -0.05) is 12.1 Å². The molecule has 4 rings (SSSR count). The molecule has 2 aliphatic heterocycles. The van der Waals surface area contributed by atoms with E-state index in [1.807, 2.05) is 35.2 Å². The number of piperazine rings is 1. The van der Waals surface area contributed by atoms with Crippen LogP contribution in [0.1, 0.15) is 24.4 Å². The fourth-order valence-corrected chi connectivity index (χ4v) is 4.69. The van der Waals surface area contributed by atoms with E-state index in [1.165, 1.54) is 23.3 Å². The van der Waals surface area contributed by atoms with E-state index >= 15 is 0 Å². The highest BCUT2D eigenvalue weighted by Gasteiger charge is 2.29. The number of phenolic OH excluding ortho intramolecular Hbond substituents is 1. The third kappa shape index (κ3) is 5.05. The second-order valence-electron chi connectivity index (χ2n) is 8.34. The lowest BCUT2D eigenvalue weighted by molar-refractivity contribution is -0.918. The summed E-state index contributed by atoms with van der Waals surface area (Å²) >= 11 is 0. The second-order valence-corrected chi connectivity index (χ2v) is 8.34. The van der Waals surface area contributed by atoms with Gasteiger partial charge in [0, 0.05) is 44.6 Å². The summed E-state index contributed by atoms with van der Waals surface area (Å²) in [6.07, 6.45) is 2.48. The van der Waals surface area contributed by atoms with Crippen molar-refractivity contribution in [2.45, 2.75) is 18.9 Å². The Morgan fingerprint density at radius 3 is 2.39 bits per heavy atom.